The van der Waals surface area contributed by atoms with Crippen molar-refractivity contribution in [1.29, 1.82) is 0 Å². The van der Waals surface area contributed by atoms with Crippen molar-refractivity contribution in [3.8, 4) is 0 Å². The van der Waals surface area contributed by atoms with E-state index in [4.69, 9.17) is 0 Å². The second-order valence-electron chi connectivity index (χ2n) is 5.16. The molecule has 0 aliphatic carbocycles. The number of rotatable bonds is 4. The Labute approximate surface area is 119 Å². The Morgan fingerprint density at radius 2 is 2.33 bits per heavy atom. The summed E-state index contributed by atoms with van der Waals surface area (Å²) in [6, 6.07) is 9.34. The maximum absolute atomic E-state index is 3.66. The molecule has 1 fully saturated rings. The maximum atomic E-state index is 3.66. The molecule has 2 rings (SSSR count). The van der Waals surface area contributed by atoms with Crippen molar-refractivity contribution in [2.75, 3.05) is 19.6 Å². The van der Waals surface area contributed by atoms with Gasteiger partial charge in [-0.15, -0.1) is 0 Å². The lowest BCUT2D eigenvalue weighted by atomic mass is 10.1. The van der Waals surface area contributed by atoms with E-state index in [0.717, 1.165) is 6.54 Å². The number of nitrogens with one attached hydrogen (secondary N) is 1. The molecule has 1 heterocycles. The molecule has 18 heavy (non-hydrogen) atoms. The lowest BCUT2D eigenvalue weighted by molar-refractivity contribution is 0.255. The first-order valence-electron chi connectivity index (χ1n) is 6.98. The minimum atomic E-state index is 0.671. The molecule has 1 aromatic carbocycles. The molecule has 1 saturated heterocycles. The van der Waals surface area contributed by atoms with Gasteiger partial charge in [-0.3, -0.25) is 4.90 Å². The average Bonchev–Trinajstić information content (AvgIpc) is 2.55. The molecule has 2 nitrogen and oxygen atoms in total. The molecule has 1 unspecified atom stereocenters. The fourth-order valence-corrected chi connectivity index (χ4v) is 3.10. The molecule has 1 aromatic rings. The van der Waals surface area contributed by atoms with Crippen molar-refractivity contribution < 1.29 is 0 Å². The van der Waals surface area contributed by atoms with Gasteiger partial charge < -0.3 is 5.32 Å². The van der Waals surface area contributed by atoms with E-state index in [-0.39, 0.29) is 0 Å². The van der Waals surface area contributed by atoms with Gasteiger partial charge in [0.25, 0.3) is 0 Å². The van der Waals surface area contributed by atoms with Crippen LogP contribution in [0.15, 0.2) is 28.7 Å². The van der Waals surface area contributed by atoms with Gasteiger partial charge in [-0.05, 0) is 43.6 Å². The van der Waals surface area contributed by atoms with Crippen LogP contribution in [-0.2, 0) is 6.54 Å². The van der Waals surface area contributed by atoms with Gasteiger partial charge in [-0.1, -0.05) is 41.4 Å². The van der Waals surface area contributed by atoms with Gasteiger partial charge in [-0.2, -0.15) is 0 Å². The first kappa shape index (κ1) is 14.0. The van der Waals surface area contributed by atoms with Crippen molar-refractivity contribution in [1.82, 2.24) is 10.2 Å². The van der Waals surface area contributed by atoms with Gasteiger partial charge in [0, 0.05) is 23.6 Å². The summed E-state index contributed by atoms with van der Waals surface area (Å²) in [6.45, 7) is 6.90. The van der Waals surface area contributed by atoms with Crippen LogP contribution in [0.3, 0.4) is 0 Å². The minimum absolute atomic E-state index is 0.671. The van der Waals surface area contributed by atoms with Crippen molar-refractivity contribution in [3.05, 3.63) is 34.3 Å². The van der Waals surface area contributed by atoms with Crippen LogP contribution in [-0.4, -0.2) is 30.6 Å². The Balaban J connectivity index is 1.94. The van der Waals surface area contributed by atoms with E-state index in [1.165, 1.54) is 48.9 Å². The second-order valence-corrected chi connectivity index (χ2v) is 6.07. The Hall–Kier alpha value is -0.380. The zero-order valence-electron chi connectivity index (χ0n) is 11.2. The number of nitrogens with zero attached hydrogens (tertiary/aromatic N) is 1. The number of benzene rings is 1. The molecule has 3 heteroatoms. The van der Waals surface area contributed by atoms with Crippen molar-refractivity contribution in [2.45, 2.75) is 38.8 Å². The first-order valence-corrected chi connectivity index (χ1v) is 7.77. The van der Waals surface area contributed by atoms with Gasteiger partial charge in [0.15, 0.2) is 0 Å². The molecule has 100 valence electrons. The highest BCUT2D eigenvalue weighted by Crippen LogP contribution is 2.15. The quantitative estimate of drug-likeness (QED) is 0.917. The summed E-state index contributed by atoms with van der Waals surface area (Å²) >= 11 is 3.55. The van der Waals surface area contributed by atoms with Gasteiger partial charge in [0.1, 0.15) is 0 Å². The molecule has 0 amide bonds. The number of hydrogen-bond acceptors (Lipinski definition) is 2. The van der Waals surface area contributed by atoms with Gasteiger partial charge >= 0.3 is 0 Å². The van der Waals surface area contributed by atoms with Crippen LogP contribution in [0, 0.1) is 0 Å². The summed E-state index contributed by atoms with van der Waals surface area (Å²) in [5.41, 5.74) is 1.40. The molecule has 1 N–H and O–H groups in total. The third kappa shape index (κ3) is 4.38. The smallest absolute Gasteiger partial charge is 0.0234 e. The average molecular weight is 311 g/mol. The van der Waals surface area contributed by atoms with Gasteiger partial charge in [0.05, 0.1) is 0 Å². The van der Waals surface area contributed by atoms with Crippen LogP contribution in [0.1, 0.15) is 31.7 Å². The van der Waals surface area contributed by atoms with E-state index < -0.39 is 0 Å². The minimum Gasteiger partial charge on any atom is -0.313 e. The monoisotopic (exact) mass is 310 g/mol. The highest BCUT2D eigenvalue weighted by Gasteiger charge is 2.16. The summed E-state index contributed by atoms with van der Waals surface area (Å²) in [4.78, 5) is 2.59. The molecule has 1 atom stereocenters. The van der Waals surface area contributed by atoms with Crippen LogP contribution in [0.25, 0.3) is 0 Å². The van der Waals surface area contributed by atoms with Gasteiger partial charge in [-0.25, -0.2) is 0 Å². The zero-order valence-corrected chi connectivity index (χ0v) is 12.7. The molecule has 1 aliphatic heterocycles. The predicted molar refractivity (Wildman–Crippen MR) is 80.7 cm³/mol. The Bertz CT molecular complexity index is 367. The van der Waals surface area contributed by atoms with Crippen molar-refractivity contribution >= 4 is 15.9 Å². The van der Waals surface area contributed by atoms with E-state index in [9.17, 15) is 0 Å². The fourth-order valence-electron chi connectivity index (χ4n) is 2.66. The highest BCUT2D eigenvalue weighted by molar-refractivity contribution is 9.10. The number of hydrogen-bond donors (Lipinski definition) is 1. The molecule has 0 radical (unpaired) electrons. The molecule has 0 saturated carbocycles. The van der Waals surface area contributed by atoms with Crippen LogP contribution in [0.4, 0.5) is 0 Å². The summed E-state index contributed by atoms with van der Waals surface area (Å²) in [5.74, 6) is 0. The predicted octanol–water partition coefficient (Wildman–Crippen LogP) is 3.41. The Morgan fingerprint density at radius 1 is 1.44 bits per heavy atom. The molecule has 1 aliphatic rings. The van der Waals surface area contributed by atoms with E-state index in [1.54, 1.807) is 0 Å². The van der Waals surface area contributed by atoms with Gasteiger partial charge in [0.2, 0.25) is 0 Å². The van der Waals surface area contributed by atoms with E-state index in [1.807, 2.05) is 0 Å². The topological polar surface area (TPSA) is 15.3 Å². The SMILES string of the molecule is CCCC1CN(Cc2cccc(Br)c2)CCCN1. The molecule has 0 aromatic heterocycles. The molecule has 0 bridgehead atoms. The summed E-state index contributed by atoms with van der Waals surface area (Å²) in [5, 5.41) is 3.66. The summed E-state index contributed by atoms with van der Waals surface area (Å²) in [7, 11) is 0. The lowest BCUT2D eigenvalue weighted by Gasteiger charge is -2.24. The number of halogens is 1. The van der Waals surface area contributed by atoms with Crippen LogP contribution >= 0.6 is 15.9 Å². The largest absolute Gasteiger partial charge is 0.313 e. The molecule has 0 spiro atoms. The third-order valence-corrected chi connectivity index (χ3v) is 3.99. The lowest BCUT2D eigenvalue weighted by Crippen LogP contribution is -2.37. The van der Waals surface area contributed by atoms with Crippen LogP contribution < -0.4 is 5.32 Å². The van der Waals surface area contributed by atoms with E-state index >= 15 is 0 Å². The maximum Gasteiger partial charge on any atom is 0.0234 e. The molecular formula is C15H23BrN2. The first-order chi connectivity index (χ1) is 8.78. The van der Waals surface area contributed by atoms with E-state index in [0.29, 0.717) is 6.04 Å². The van der Waals surface area contributed by atoms with Crippen LogP contribution in [0.5, 0.6) is 0 Å². The normalized spacial score (nSPS) is 21.8. The van der Waals surface area contributed by atoms with Crippen LogP contribution in [0.2, 0.25) is 0 Å². The van der Waals surface area contributed by atoms with Crippen molar-refractivity contribution in [2.24, 2.45) is 0 Å². The third-order valence-electron chi connectivity index (χ3n) is 3.50. The highest BCUT2D eigenvalue weighted by atomic mass is 79.9. The Kier molecular flexibility index (Phi) is 5.67. The summed E-state index contributed by atoms with van der Waals surface area (Å²) in [6.07, 6.45) is 3.81. The van der Waals surface area contributed by atoms with E-state index in [2.05, 4.69) is 57.3 Å². The second kappa shape index (κ2) is 7.27. The zero-order chi connectivity index (χ0) is 12.8. The fraction of sp³-hybridized carbons (Fsp3) is 0.600. The van der Waals surface area contributed by atoms with Crippen molar-refractivity contribution in [3.63, 3.8) is 0 Å². The Morgan fingerprint density at radius 3 is 3.11 bits per heavy atom. The molecular weight excluding hydrogens is 288 g/mol. The standard InChI is InChI=1S/C15H23BrN2/c1-2-5-15-12-18(9-4-8-17-15)11-13-6-3-7-14(16)10-13/h3,6-7,10,15,17H,2,4-5,8-9,11-12H2,1H3. The summed E-state index contributed by atoms with van der Waals surface area (Å²) < 4.78 is 1.18.